The predicted octanol–water partition coefficient (Wildman–Crippen LogP) is 3.72. The summed E-state index contributed by atoms with van der Waals surface area (Å²) in [5, 5.41) is 5.89. The Morgan fingerprint density at radius 3 is 2.59 bits per heavy atom. The lowest BCUT2D eigenvalue weighted by Crippen LogP contribution is -2.45. The van der Waals surface area contributed by atoms with E-state index in [0.29, 0.717) is 21.9 Å². The van der Waals surface area contributed by atoms with E-state index in [0.717, 1.165) is 11.3 Å². The lowest BCUT2D eigenvalue weighted by atomic mass is 9.95. The summed E-state index contributed by atoms with van der Waals surface area (Å²) in [5.74, 6) is 0.213. The molecule has 0 bridgehead atoms. The second-order valence-electron chi connectivity index (χ2n) is 6.05. The Morgan fingerprint density at radius 2 is 1.93 bits per heavy atom. The van der Waals surface area contributed by atoms with Crippen molar-refractivity contribution in [3.05, 3.63) is 76.0 Å². The fourth-order valence-corrected chi connectivity index (χ4v) is 3.05. The number of nitrogens with one attached hydrogen (secondary N) is 2. The van der Waals surface area contributed by atoms with Crippen molar-refractivity contribution in [2.24, 2.45) is 0 Å². The number of carbonyl (C=O) groups is 2. The second kappa shape index (κ2) is 8.14. The molecule has 1 aliphatic heterocycles. The van der Waals surface area contributed by atoms with Crippen molar-refractivity contribution in [3.8, 4) is 5.75 Å². The minimum atomic E-state index is -0.638. The molecule has 0 saturated heterocycles. The smallest absolute Gasteiger partial charge is 0.338 e. The highest BCUT2D eigenvalue weighted by Gasteiger charge is 2.32. The van der Waals surface area contributed by atoms with E-state index in [1.165, 1.54) is 0 Å². The summed E-state index contributed by atoms with van der Waals surface area (Å²) in [6.45, 7) is 1.77. The van der Waals surface area contributed by atoms with Crippen molar-refractivity contribution < 1.29 is 19.1 Å². The number of urea groups is 1. The Hall–Kier alpha value is -2.99. The highest BCUT2D eigenvalue weighted by atomic mass is 35.5. The van der Waals surface area contributed by atoms with Crippen molar-refractivity contribution >= 4 is 23.6 Å². The Balaban J connectivity index is 1.80. The molecule has 140 valence electrons. The fourth-order valence-electron chi connectivity index (χ4n) is 2.85. The minimum Gasteiger partial charge on any atom is -0.497 e. The molecule has 2 N–H and O–H groups in total. The molecule has 1 heterocycles. The average Bonchev–Trinajstić information content (AvgIpc) is 2.66. The number of ether oxygens (including phenoxy) is 2. The molecular formula is C20H19ClN2O4. The third kappa shape index (κ3) is 4.41. The van der Waals surface area contributed by atoms with Gasteiger partial charge in [0.2, 0.25) is 0 Å². The molecule has 0 fully saturated rings. The topological polar surface area (TPSA) is 76.7 Å². The second-order valence-corrected chi connectivity index (χ2v) is 6.49. The van der Waals surface area contributed by atoms with Crippen molar-refractivity contribution in [2.45, 2.75) is 19.6 Å². The van der Waals surface area contributed by atoms with Gasteiger partial charge in [-0.3, -0.25) is 0 Å². The van der Waals surface area contributed by atoms with Gasteiger partial charge in [0.05, 0.1) is 18.7 Å². The van der Waals surface area contributed by atoms with Crippen molar-refractivity contribution in [1.82, 2.24) is 10.6 Å². The minimum absolute atomic E-state index is 0.107. The van der Waals surface area contributed by atoms with Crippen LogP contribution in [0.4, 0.5) is 4.79 Å². The standard InChI is InChI=1S/C20H19ClN2O4/c1-12-17(19(24)27-11-13-6-8-16(26-2)9-7-13)18(23-20(25)22-12)14-4-3-5-15(21)10-14/h3-10,18H,11H2,1-2H3,(H2,22,23,25)/t18-/m0/s1. The number of methoxy groups -OCH3 is 1. The Bertz CT molecular complexity index is 893. The number of esters is 1. The van der Waals surface area contributed by atoms with Crippen LogP contribution in [0.5, 0.6) is 5.75 Å². The highest BCUT2D eigenvalue weighted by Crippen LogP contribution is 2.29. The van der Waals surface area contributed by atoms with Crippen LogP contribution in [-0.4, -0.2) is 19.1 Å². The first-order valence-corrected chi connectivity index (χ1v) is 8.69. The SMILES string of the molecule is COc1ccc(COC(=O)C2=C(C)NC(=O)N[C@H]2c2cccc(Cl)c2)cc1. The number of hydrogen-bond acceptors (Lipinski definition) is 4. The molecule has 2 amide bonds. The van der Waals surface area contributed by atoms with Crippen molar-refractivity contribution in [2.75, 3.05) is 7.11 Å². The van der Waals surface area contributed by atoms with E-state index in [9.17, 15) is 9.59 Å². The molecule has 0 spiro atoms. The number of allylic oxidation sites excluding steroid dienone is 1. The van der Waals surface area contributed by atoms with Gasteiger partial charge >= 0.3 is 12.0 Å². The molecule has 2 aromatic carbocycles. The Labute approximate surface area is 162 Å². The molecule has 0 aromatic heterocycles. The van der Waals surface area contributed by atoms with E-state index in [1.54, 1.807) is 50.4 Å². The van der Waals surface area contributed by atoms with Gasteiger partial charge in [-0.15, -0.1) is 0 Å². The lowest BCUT2D eigenvalue weighted by Gasteiger charge is -2.28. The van der Waals surface area contributed by atoms with E-state index in [4.69, 9.17) is 21.1 Å². The lowest BCUT2D eigenvalue weighted by molar-refractivity contribution is -0.140. The molecule has 6 nitrogen and oxygen atoms in total. The molecule has 0 aliphatic carbocycles. The number of amides is 2. The van der Waals surface area contributed by atoms with E-state index in [-0.39, 0.29) is 12.6 Å². The number of benzene rings is 2. The normalized spacial score (nSPS) is 16.4. The number of rotatable bonds is 5. The molecule has 3 rings (SSSR count). The predicted molar refractivity (Wildman–Crippen MR) is 101 cm³/mol. The van der Waals surface area contributed by atoms with Gasteiger partial charge in [0.1, 0.15) is 12.4 Å². The van der Waals surface area contributed by atoms with Gasteiger partial charge in [0, 0.05) is 10.7 Å². The Kier molecular flexibility index (Phi) is 5.66. The third-order valence-corrected chi connectivity index (χ3v) is 4.44. The van der Waals surface area contributed by atoms with E-state index >= 15 is 0 Å². The maximum Gasteiger partial charge on any atom is 0.338 e. The van der Waals surface area contributed by atoms with Gasteiger partial charge in [-0.25, -0.2) is 9.59 Å². The maximum atomic E-state index is 12.8. The maximum absolute atomic E-state index is 12.8. The highest BCUT2D eigenvalue weighted by molar-refractivity contribution is 6.30. The molecule has 1 atom stereocenters. The molecule has 0 saturated carbocycles. The van der Waals surface area contributed by atoms with Crippen LogP contribution in [0.1, 0.15) is 24.1 Å². The largest absolute Gasteiger partial charge is 0.497 e. The van der Waals surface area contributed by atoms with Crippen LogP contribution in [0, 0.1) is 0 Å². The third-order valence-electron chi connectivity index (χ3n) is 4.20. The van der Waals surface area contributed by atoms with Crippen LogP contribution in [-0.2, 0) is 16.1 Å². The summed E-state index contributed by atoms with van der Waals surface area (Å²) in [7, 11) is 1.59. The molecule has 2 aromatic rings. The van der Waals surface area contributed by atoms with Crippen LogP contribution in [0.3, 0.4) is 0 Å². The monoisotopic (exact) mass is 386 g/mol. The van der Waals surface area contributed by atoms with Gasteiger partial charge in [-0.05, 0) is 42.3 Å². The zero-order valence-electron chi connectivity index (χ0n) is 14.9. The summed E-state index contributed by atoms with van der Waals surface area (Å²) in [6.07, 6.45) is 0. The molecule has 0 radical (unpaired) electrons. The molecule has 1 aliphatic rings. The summed E-state index contributed by atoms with van der Waals surface area (Å²) in [5.41, 5.74) is 2.32. The van der Waals surface area contributed by atoms with Gasteiger partial charge in [0.25, 0.3) is 0 Å². The van der Waals surface area contributed by atoms with Gasteiger partial charge < -0.3 is 20.1 Å². The van der Waals surface area contributed by atoms with Gasteiger partial charge in [-0.1, -0.05) is 35.9 Å². The number of halogens is 1. The first-order valence-electron chi connectivity index (χ1n) is 8.31. The van der Waals surface area contributed by atoms with Crippen molar-refractivity contribution in [1.29, 1.82) is 0 Å². The van der Waals surface area contributed by atoms with Crippen LogP contribution in [0.2, 0.25) is 5.02 Å². The van der Waals surface area contributed by atoms with Crippen LogP contribution < -0.4 is 15.4 Å². The number of hydrogen-bond donors (Lipinski definition) is 2. The molecular weight excluding hydrogens is 368 g/mol. The number of carbonyl (C=O) groups excluding carboxylic acids is 2. The van der Waals surface area contributed by atoms with Crippen LogP contribution >= 0.6 is 11.6 Å². The van der Waals surface area contributed by atoms with Crippen molar-refractivity contribution in [3.63, 3.8) is 0 Å². The summed E-state index contributed by atoms with van der Waals surface area (Å²) < 4.78 is 10.6. The molecule has 27 heavy (non-hydrogen) atoms. The first-order chi connectivity index (χ1) is 13.0. The Morgan fingerprint density at radius 1 is 1.19 bits per heavy atom. The summed E-state index contributed by atoms with van der Waals surface area (Å²) in [6, 6.07) is 13.2. The zero-order chi connectivity index (χ0) is 19.4. The molecule has 0 unspecified atom stereocenters. The van der Waals surface area contributed by atoms with Crippen LogP contribution in [0.25, 0.3) is 0 Å². The molecule has 7 heteroatoms. The zero-order valence-corrected chi connectivity index (χ0v) is 15.7. The fraction of sp³-hybridized carbons (Fsp3) is 0.200. The van der Waals surface area contributed by atoms with E-state index in [1.807, 2.05) is 12.1 Å². The average molecular weight is 387 g/mol. The van der Waals surface area contributed by atoms with E-state index < -0.39 is 12.0 Å². The first kappa shape index (κ1) is 18.8. The van der Waals surface area contributed by atoms with E-state index in [2.05, 4.69) is 10.6 Å². The van der Waals surface area contributed by atoms with Crippen LogP contribution in [0.15, 0.2) is 59.8 Å². The van der Waals surface area contributed by atoms with Gasteiger partial charge in [-0.2, -0.15) is 0 Å². The summed E-state index contributed by atoms with van der Waals surface area (Å²) >= 11 is 6.06. The summed E-state index contributed by atoms with van der Waals surface area (Å²) in [4.78, 5) is 24.6. The quantitative estimate of drug-likeness (QED) is 0.768. The van der Waals surface area contributed by atoms with Gasteiger partial charge in [0.15, 0.2) is 0 Å².